The van der Waals surface area contributed by atoms with Crippen LogP contribution in [0, 0.1) is 0 Å². The molecule has 2 nitrogen and oxygen atoms in total. The summed E-state index contributed by atoms with van der Waals surface area (Å²) in [6.07, 6.45) is 0. The fourth-order valence-corrected chi connectivity index (χ4v) is 5.12. The zero-order valence-electron chi connectivity index (χ0n) is 11.5. The van der Waals surface area contributed by atoms with Gasteiger partial charge in [-0.05, 0) is 12.1 Å². The third-order valence-electron chi connectivity index (χ3n) is 3.31. The molecule has 0 aromatic heterocycles. The van der Waals surface area contributed by atoms with Gasteiger partial charge in [0.2, 0.25) is 0 Å². The monoisotopic (exact) mass is 274 g/mol. The van der Waals surface area contributed by atoms with Crippen molar-refractivity contribution < 1.29 is 9.30 Å². The molecule has 1 atom stereocenters. The summed E-state index contributed by atoms with van der Waals surface area (Å²) in [4.78, 5) is 0. The Labute approximate surface area is 114 Å². The van der Waals surface area contributed by atoms with Gasteiger partial charge in [-0.25, -0.2) is 0 Å². The van der Waals surface area contributed by atoms with Gasteiger partial charge in [0.25, 0.3) is 0 Å². The van der Waals surface area contributed by atoms with Crippen molar-refractivity contribution in [3.63, 3.8) is 0 Å². The quantitative estimate of drug-likeness (QED) is 0.799. The van der Waals surface area contributed by atoms with Crippen LogP contribution in [0.1, 0.15) is 13.8 Å². The molecule has 2 aromatic rings. The molecule has 0 spiro atoms. The van der Waals surface area contributed by atoms with Crippen LogP contribution in [0.15, 0.2) is 54.6 Å². The number of methoxy groups -OCH3 is 1. The van der Waals surface area contributed by atoms with Crippen molar-refractivity contribution in [1.82, 2.24) is 0 Å². The molecule has 0 unspecified atom stereocenters. The highest BCUT2D eigenvalue weighted by atomic mass is 31.2. The predicted octanol–water partition coefficient (Wildman–Crippen LogP) is 3.42. The number of rotatable bonds is 4. The zero-order valence-corrected chi connectivity index (χ0v) is 12.4. The van der Waals surface area contributed by atoms with E-state index in [0.29, 0.717) is 5.75 Å². The lowest BCUT2D eigenvalue weighted by molar-refractivity contribution is 0.417. The largest absolute Gasteiger partial charge is 0.496 e. The van der Waals surface area contributed by atoms with Crippen molar-refractivity contribution in [3.8, 4) is 5.75 Å². The van der Waals surface area contributed by atoms with E-state index in [-0.39, 0.29) is 5.66 Å². The first-order valence-electron chi connectivity index (χ1n) is 6.39. The number of benzene rings is 2. The van der Waals surface area contributed by atoms with Crippen LogP contribution in [-0.2, 0) is 4.57 Å². The molecule has 0 fully saturated rings. The van der Waals surface area contributed by atoms with Crippen molar-refractivity contribution in [2.24, 2.45) is 0 Å². The van der Waals surface area contributed by atoms with Gasteiger partial charge in [-0.15, -0.1) is 0 Å². The summed E-state index contributed by atoms with van der Waals surface area (Å²) < 4.78 is 19.0. The average Bonchev–Trinajstić information content (AvgIpc) is 2.47. The van der Waals surface area contributed by atoms with E-state index in [1.807, 2.05) is 68.4 Å². The topological polar surface area (TPSA) is 26.3 Å². The molecule has 0 saturated carbocycles. The number of para-hydroxylation sites is 1. The van der Waals surface area contributed by atoms with Crippen LogP contribution >= 0.6 is 7.14 Å². The second kappa shape index (κ2) is 5.63. The Morgan fingerprint density at radius 2 is 1.53 bits per heavy atom. The van der Waals surface area contributed by atoms with Crippen LogP contribution in [0.5, 0.6) is 5.75 Å². The Bertz CT molecular complexity index is 591. The minimum Gasteiger partial charge on any atom is -0.496 e. The van der Waals surface area contributed by atoms with Crippen LogP contribution in [-0.4, -0.2) is 12.8 Å². The van der Waals surface area contributed by atoms with Crippen molar-refractivity contribution in [2.75, 3.05) is 7.11 Å². The maximum absolute atomic E-state index is 13.6. The first-order valence-corrected chi connectivity index (χ1v) is 8.17. The summed E-state index contributed by atoms with van der Waals surface area (Å²) in [5, 5.41) is 1.69. The predicted molar refractivity (Wildman–Crippen MR) is 81.4 cm³/mol. The molecule has 0 N–H and O–H groups in total. The van der Waals surface area contributed by atoms with Crippen LogP contribution in [0.2, 0.25) is 0 Å². The third kappa shape index (κ3) is 2.46. The smallest absolute Gasteiger partial charge is 0.149 e. The van der Waals surface area contributed by atoms with Gasteiger partial charge in [0, 0.05) is 11.0 Å². The molecule has 0 saturated heterocycles. The van der Waals surface area contributed by atoms with Crippen molar-refractivity contribution in [3.05, 3.63) is 54.6 Å². The second-order valence-corrected chi connectivity index (χ2v) is 8.11. The molecule has 2 aromatic carbocycles. The van der Waals surface area contributed by atoms with E-state index in [1.54, 1.807) is 7.11 Å². The van der Waals surface area contributed by atoms with E-state index >= 15 is 0 Å². The SMILES string of the molecule is COc1ccccc1[P@@](=O)(c1ccccc1)C(C)C. The Hall–Kier alpha value is -1.53. The molecule has 0 aliphatic carbocycles. The van der Waals surface area contributed by atoms with Crippen molar-refractivity contribution in [1.29, 1.82) is 0 Å². The zero-order chi connectivity index (χ0) is 13.9. The first kappa shape index (κ1) is 13.9. The fourth-order valence-electron chi connectivity index (χ4n) is 2.27. The van der Waals surface area contributed by atoms with Crippen LogP contribution < -0.4 is 15.3 Å². The van der Waals surface area contributed by atoms with E-state index in [9.17, 15) is 4.57 Å². The summed E-state index contributed by atoms with van der Waals surface area (Å²) >= 11 is 0. The Balaban J connectivity index is 2.68. The highest BCUT2D eigenvalue weighted by Crippen LogP contribution is 2.50. The molecule has 0 amide bonds. The lowest BCUT2D eigenvalue weighted by atomic mass is 10.3. The number of ether oxygens (including phenoxy) is 1. The molecule has 19 heavy (non-hydrogen) atoms. The van der Waals surface area contributed by atoms with Crippen LogP contribution in [0.4, 0.5) is 0 Å². The molecule has 0 bridgehead atoms. The molecule has 2 rings (SSSR count). The molecule has 0 aliphatic rings. The number of hydrogen-bond acceptors (Lipinski definition) is 2. The van der Waals surface area contributed by atoms with E-state index in [0.717, 1.165) is 10.6 Å². The Kier molecular flexibility index (Phi) is 4.11. The van der Waals surface area contributed by atoms with Crippen LogP contribution in [0.3, 0.4) is 0 Å². The summed E-state index contributed by atoms with van der Waals surface area (Å²) in [5.41, 5.74) is 0.0335. The molecular formula is C16H19O2P. The third-order valence-corrected chi connectivity index (χ3v) is 6.92. The normalized spacial score (nSPS) is 14.1. The van der Waals surface area contributed by atoms with E-state index < -0.39 is 7.14 Å². The second-order valence-electron chi connectivity index (χ2n) is 4.76. The van der Waals surface area contributed by atoms with Crippen molar-refractivity contribution >= 4 is 17.8 Å². The minimum atomic E-state index is -2.68. The Morgan fingerprint density at radius 1 is 0.947 bits per heavy atom. The maximum atomic E-state index is 13.6. The van der Waals surface area contributed by atoms with Gasteiger partial charge in [-0.2, -0.15) is 0 Å². The standard InChI is InChI=1S/C16H19O2P/c1-13(2)19(17,14-9-5-4-6-10-14)16-12-8-7-11-15(16)18-3/h4-13H,1-3H3/t19-/m0/s1. The highest BCUT2D eigenvalue weighted by molar-refractivity contribution is 7.79. The van der Waals surface area contributed by atoms with Crippen LogP contribution in [0.25, 0.3) is 0 Å². The maximum Gasteiger partial charge on any atom is 0.149 e. The molecule has 100 valence electrons. The van der Waals surface area contributed by atoms with E-state index in [4.69, 9.17) is 4.74 Å². The number of hydrogen-bond donors (Lipinski definition) is 0. The lowest BCUT2D eigenvalue weighted by Gasteiger charge is -2.24. The van der Waals surface area contributed by atoms with Gasteiger partial charge in [0.15, 0.2) is 0 Å². The van der Waals surface area contributed by atoms with Gasteiger partial charge in [-0.3, -0.25) is 0 Å². The van der Waals surface area contributed by atoms with Gasteiger partial charge < -0.3 is 9.30 Å². The van der Waals surface area contributed by atoms with E-state index in [1.165, 1.54) is 0 Å². The lowest BCUT2D eigenvalue weighted by Crippen LogP contribution is -2.23. The van der Waals surface area contributed by atoms with Gasteiger partial charge >= 0.3 is 0 Å². The molecule has 0 radical (unpaired) electrons. The highest BCUT2D eigenvalue weighted by Gasteiger charge is 2.33. The Morgan fingerprint density at radius 3 is 2.11 bits per heavy atom. The summed E-state index contributed by atoms with van der Waals surface area (Å²) in [6.45, 7) is 4.00. The fraction of sp³-hybridized carbons (Fsp3) is 0.250. The van der Waals surface area contributed by atoms with E-state index in [2.05, 4.69) is 0 Å². The van der Waals surface area contributed by atoms with Gasteiger partial charge in [0.05, 0.1) is 12.4 Å². The minimum absolute atomic E-state index is 0.0335. The van der Waals surface area contributed by atoms with Gasteiger partial charge in [-0.1, -0.05) is 56.3 Å². The summed E-state index contributed by atoms with van der Waals surface area (Å²) in [7, 11) is -1.06. The molecule has 3 heteroatoms. The molecule has 0 aliphatic heterocycles. The summed E-state index contributed by atoms with van der Waals surface area (Å²) in [6, 6.07) is 17.3. The molecule has 0 heterocycles. The average molecular weight is 274 g/mol. The molecular weight excluding hydrogens is 255 g/mol. The van der Waals surface area contributed by atoms with Gasteiger partial charge in [0.1, 0.15) is 12.9 Å². The first-order chi connectivity index (χ1) is 9.10. The summed E-state index contributed by atoms with van der Waals surface area (Å²) in [5.74, 6) is 0.698. The van der Waals surface area contributed by atoms with Crippen molar-refractivity contribution in [2.45, 2.75) is 19.5 Å².